The Morgan fingerprint density at radius 2 is 1.95 bits per heavy atom. The monoisotopic (exact) mass is 290 g/mol. The van der Waals surface area contributed by atoms with Crippen LogP contribution in [0.3, 0.4) is 0 Å². The Labute approximate surface area is 131 Å². The first-order chi connectivity index (χ1) is 9.97. The lowest BCUT2D eigenvalue weighted by atomic mass is 9.97. The molecule has 1 aliphatic carbocycles. The van der Waals surface area contributed by atoms with E-state index in [-0.39, 0.29) is 0 Å². The quantitative estimate of drug-likeness (QED) is 0.692. The van der Waals surface area contributed by atoms with E-state index < -0.39 is 0 Å². The van der Waals surface area contributed by atoms with Gasteiger partial charge >= 0.3 is 0 Å². The summed E-state index contributed by atoms with van der Waals surface area (Å²) in [5, 5.41) is 0. The number of allylic oxidation sites excluding steroid dienone is 4. The predicted molar refractivity (Wildman–Crippen MR) is 93.8 cm³/mol. The van der Waals surface area contributed by atoms with E-state index in [2.05, 4.69) is 57.9 Å². The SMILES string of the molecule is CCCCC(CC)CN(C)C1=CC=C(N)CC(C(C)C)=C1. The summed E-state index contributed by atoms with van der Waals surface area (Å²) in [4.78, 5) is 2.40. The van der Waals surface area contributed by atoms with Crippen molar-refractivity contribution in [3.05, 3.63) is 35.2 Å². The molecule has 1 unspecified atom stereocenters. The molecule has 120 valence electrons. The van der Waals surface area contributed by atoms with Crippen molar-refractivity contribution in [1.82, 2.24) is 4.90 Å². The second-order valence-electron chi connectivity index (χ2n) is 6.68. The van der Waals surface area contributed by atoms with E-state index in [1.165, 1.54) is 37.0 Å². The fourth-order valence-electron chi connectivity index (χ4n) is 2.79. The number of unbranched alkanes of at least 4 members (excludes halogenated alkanes) is 1. The number of rotatable bonds is 8. The van der Waals surface area contributed by atoms with Crippen LogP contribution in [0, 0.1) is 11.8 Å². The van der Waals surface area contributed by atoms with Crippen molar-refractivity contribution in [2.45, 2.75) is 59.8 Å². The van der Waals surface area contributed by atoms with Crippen molar-refractivity contribution >= 4 is 0 Å². The van der Waals surface area contributed by atoms with Gasteiger partial charge in [0.05, 0.1) is 0 Å². The van der Waals surface area contributed by atoms with Crippen molar-refractivity contribution in [3.63, 3.8) is 0 Å². The molecule has 0 spiro atoms. The highest BCUT2D eigenvalue weighted by Gasteiger charge is 2.14. The van der Waals surface area contributed by atoms with Gasteiger partial charge in [0.2, 0.25) is 0 Å². The van der Waals surface area contributed by atoms with Crippen LogP contribution in [0.15, 0.2) is 35.2 Å². The van der Waals surface area contributed by atoms with Crippen LogP contribution in [0.4, 0.5) is 0 Å². The predicted octanol–water partition coefficient (Wildman–Crippen LogP) is 4.85. The van der Waals surface area contributed by atoms with Crippen molar-refractivity contribution in [2.24, 2.45) is 17.6 Å². The minimum absolute atomic E-state index is 0.550. The standard InChI is InChI=1S/C19H34N2/c1-6-8-9-16(7-2)14-21(5)19-11-10-18(20)12-17(13-19)15(3)4/h10-11,13,15-16H,6-9,12,14,20H2,1-5H3. The Bertz CT molecular complexity index is 402. The van der Waals surface area contributed by atoms with Crippen LogP contribution in [-0.2, 0) is 0 Å². The van der Waals surface area contributed by atoms with Crippen LogP contribution in [-0.4, -0.2) is 18.5 Å². The van der Waals surface area contributed by atoms with Gasteiger partial charge in [0, 0.05) is 31.4 Å². The zero-order valence-electron chi connectivity index (χ0n) is 14.7. The summed E-state index contributed by atoms with van der Waals surface area (Å²) in [5.74, 6) is 1.34. The first kappa shape index (κ1) is 17.9. The number of likely N-dealkylation sites (N-methyl/N-ethyl adjacent to an activating group) is 1. The summed E-state index contributed by atoms with van der Waals surface area (Å²) in [6.07, 6.45) is 12.7. The van der Waals surface area contributed by atoms with Crippen LogP contribution in [0.25, 0.3) is 0 Å². The molecule has 0 saturated carbocycles. The average molecular weight is 290 g/mol. The van der Waals surface area contributed by atoms with Gasteiger partial charge in [-0.3, -0.25) is 0 Å². The van der Waals surface area contributed by atoms with E-state index >= 15 is 0 Å². The van der Waals surface area contributed by atoms with E-state index in [9.17, 15) is 0 Å². The van der Waals surface area contributed by atoms with Crippen LogP contribution < -0.4 is 5.73 Å². The van der Waals surface area contributed by atoms with Gasteiger partial charge in [-0.05, 0) is 36.5 Å². The molecule has 1 aliphatic rings. The second kappa shape index (κ2) is 8.96. The molecule has 0 amide bonds. The van der Waals surface area contributed by atoms with Gasteiger partial charge < -0.3 is 10.6 Å². The van der Waals surface area contributed by atoms with Gasteiger partial charge in [-0.15, -0.1) is 0 Å². The zero-order valence-corrected chi connectivity index (χ0v) is 14.7. The molecule has 0 saturated heterocycles. The van der Waals surface area contributed by atoms with Crippen molar-refractivity contribution in [3.8, 4) is 0 Å². The van der Waals surface area contributed by atoms with E-state index in [0.717, 1.165) is 24.6 Å². The molecule has 0 fully saturated rings. The van der Waals surface area contributed by atoms with Crippen molar-refractivity contribution < 1.29 is 0 Å². The first-order valence-electron chi connectivity index (χ1n) is 8.55. The number of hydrogen-bond acceptors (Lipinski definition) is 2. The summed E-state index contributed by atoms with van der Waals surface area (Å²) in [6.45, 7) is 10.2. The van der Waals surface area contributed by atoms with Gasteiger partial charge in [0.15, 0.2) is 0 Å². The molecule has 0 heterocycles. The van der Waals surface area contributed by atoms with Gasteiger partial charge in [-0.2, -0.15) is 0 Å². The molecule has 0 aromatic heterocycles. The third kappa shape index (κ3) is 5.99. The highest BCUT2D eigenvalue weighted by atomic mass is 15.1. The number of nitrogens with zero attached hydrogens (tertiary/aromatic N) is 1. The molecule has 1 atom stereocenters. The maximum atomic E-state index is 6.08. The van der Waals surface area contributed by atoms with Gasteiger partial charge in [0.25, 0.3) is 0 Å². The topological polar surface area (TPSA) is 29.3 Å². The molecule has 0 bridgehead atoms. The molecule has 0 aliphatic heterocycles. The largest absolute Gasteiger partial charge is 0.402 e. The minimum Gasteiger partial charge on any atom is -0.402 e. The molecule has 1 rings (SSSR count). The van der Waals surface area contributed by atoms with Crippen LogP contribution in [0.1, 0.15) is 59.8 Å². The summed E-state index contributed by atoms with van der Waals surface area (Å²) in [6, 6.07) is 0. The zero-order chi connectivity index (χ0) is 15.8. The highest BCUT2D eigenvalue weighted by Crippen LogP contribution is 2.24. The Balaban J connectivity index is 2.78. The molecular weight excluding hydrogens is 256 g/mol. The Kier molecular flexibility index (Phi) is 7.63. The molecule has 21 heavy (non-hydrogen) atoms. The second-order valence-corrected chi connectivity index (χ2v) is 6.68. The van der Waals surface area contributed by atoms with Crippen LogP contribution >= 0.6 is 0 Å². The molecule has 0 aromatic rings. The molecular formula is C19H34N2. The average Bonchev–Trinajstić information content (AvgIpc) is 2.65. The molecule has 2 nitrogen and oxygen atoms in total. The fourth-order valence-corrected chi connectivity index (χ4v) is 2.79. The van der Waals surface area contributed by atoms with Crippen LogP contribution in [0.5, 0.6) is 0 Å². The van der Waals surface area contributed by atoms with Crippen molar-refractivity contribution in [2.75, 3.05) is 13.6 Å². The minimum atomic E-state index is 0.550. The third-order valence-corrected chi connectivity index (χ3v) is 4.47. The van der Waals surface area contributed by atoms with Gasteiger partial charge in [-0.25, -0.2) is 0 Å². The van der Waals surface area contributed by atoms with Crippen molar-refractivity contribution in [1.29, 1.82) is 0 Å². The normalized spacial score (nSPS) is 17.0. The lowest BCUT2D eigenvalue weighted by Crippen LogP contribution is -2.24. The van der Waals surface area contributed by atoms with Gasteiger partial charge in [0.1, 0.15) is 0 Å². The fraction of sp³-hybridized carbons (Fsp3) is 0.684. The van der Waals surface area contributed by atoms with E-state index in [4.69, 9.17) is 5.73 Å². The summed E-state index contributed by atoms with van der Waals surface area (Å²) in [7, 11) is 2.21. The Morgan fingerprint density at radius 1 is 1.24 bits per heavy atom. The summed E-state index contributed by atoms with van der Waals surface area (Å²) >= 11 is 0. The lowest BCUT2D eigenvalue weighted by molar-refractivity contribution is 0.313. The molecule has 2 N–H and O–H groups in total. The third-order valence-electron chi connectivity index (χ3n) is 4.47. The maximum Gasteiger partial charge on any atom is 0.0364 e. The van der Waals surface area contributed by atoms with E-state index in [1.54, 1.807) is 0 Å². The van der Waals surface area contributed by atoms with E-state index in [1.807, 2.05) is 0 Å². The number of nitrogens with two attached hydrogens (primary N) is 1. The molecule has 0 aromatic carbocycles. The molecule has 0 radical (unpaired) electrons. The smallest absolute Gasteiger partial charge is 0.0364 e. The highest BCUT2D eigenvalue weighted by molar-refractivity contribution is 5.34. The van der Waals surface area contributed by atoms with E-state index in [0.29, 0.717) is 5.92 Å². The first-order valence-corrected chi connectivity index (χ1v) is 8.55. The molecule has 2 heteroatoms. The Morgan fingerprint density at radius 3 is 2.52 bits per heavy atom. The summed E-state index contributed by atoms with van der Waals surface area (Å²) < 4.78 is 0. The lowest BCUT2D eigenvalue weighted by Gasteiger charge is -2.26. The van der Waals surface area contributed by atoms with Crippen LogP contribution in [0.2, 0.25) is 0 Å². The van der Waals surface area contributed by atoms with Gasteiger partial charge in [-0.1, -0.05) is 52.5 Å². The Hall–Kier alpha value is -1.18. The number of hydrogen-bond donors (Lipinski definition) is 1. The summed E-state index contributed by atoms with van der Waals surface area (Å²) in [5.41, 5.74) is 9.78. The maximum absolute atomic E-state index is 6.08.